The van der Waals surface area contributed by atoms with E-state index >= 15 is 4.39 Å². The Balaban J connectivity index is 1.59. The van der Waals surface area contributed by atoms with Crippen LogP contribution in [-0.2, 0) is 6.54 Å². The topological polar surface area (TPSA) is 76.4 Å². The van der Waals surface area contributed by atoms with Gasteiger partial charge >= 0.3 is 5.97 Å². The maximum atomic E-state index is 15.6. The predicted molar refractivity (Wildman–Crippen MR) is 152 cm³/mol. The standard InChI is InChI=1S/C32H34FN3O3/c1-19(2)26-14-16-36-28-17-20(32(37)38)10-12-24(28)30(22-7-3-4-8-25(22)33)31(36)23-13-11-21(18-27(23)35-26)39-29-9-5-6-15-34-29/h5-6,9-13,15,17-19,22,25-26,35H,3-4,7-8,14,16H2,1-2H3,(H,37,38)/t22?,25-,26?/m0/s1. The normalized spacial score (nSPS) is 21.0. The van der Waals surface area contributed by atoms with Gasteiger partial charge in [0.1, 0.15) is 11.9 Å². The molecule has 6 nitrogen and oxygen atoms in total. The number of nitrogens with one attached hydrogen (secondary N) is 1. The SMILES string of the molecule is CC(C)C1CCn2c(c(C3CCCC[C@@H]3F)c3ccc(C(=O)O)cc32)-c2ccc(Oc3ccccn3)cc2N1. The monoisotopic (exact) mass is 527 g/mol. The Kier molecular flexibility index (Phi) is 6.75. The van der Waals surface area contributed by atoms with E-state index in [1.807, 2.05) is 42.5 Å². The van der Waals surface area contributed by atoms with Crippen LogP contribution in [0.5, 0.6) is 11.6 Å². The summed E-state index contributed by atoms with van der Waals surface area (Å²) in [6.45, 7) is 5.11. The molecule has 0 amide bonds. The highest BCUT2D eigenvalue weighted by molar-refractivity contribution is 5.99. The van der Waals surface area contributed by atoms with E-state index in [-0.39, 0.29) is 17.5 Å². The molecular weight excluding hydrogens is 493 g/mol. The van der Waals surface area contributed by atoms with Gasteiger partial charge in [0.15, 0.2) is 0 Å². The quantitative estimate of drug-likeness (QED) is 0.275. The summed E-state index contributed by atoms with van der Waals surface area (Å²) in [5.74, 6) is 0.359. The van der Waals surface area contributed by atoms with Crippen LogP contribution < -0.4 is 10.1 Å². The number of aromatic nitrogens is 2. The first kappa shape index (κ1) is 25.4. The first-order chi connectivity index (χ1) is 18.9. The zero-order valence-corrected chi connectivity index (χ0v) is 22.4. The molecule has 7 heteroatoms. The second-order valence-electron chi connectivity index (χ2n) is 11.1. The summed E-state index contributed by atoms with van der Waals surface area (Å²) in [6.07, 6.45) is 4.85. The zero-order valence-electron chi connectivity index (χ0n) is 22.4. The Hall–Kier alpha value is -3.87. The number of pyridine rings is 1. The number of anilines is 1. The number of rotatable bonds is 5. The number of carboxylic acids is 1. The van der Waals surface area contributed by atoms with E-state index in [0.29, 0.717) is 30.5 Å². The molecule has 2 unspecified atom stereocenters. The summed E-state index contributed by atoms with van der Waals surface area (Å²) in [4.78, 5) is 16.2. The molecule has 39 heavy (non-hydrogen) atoms. The van der Waals surface area contributed by atoms with Crippen LogP contribution in [0.25, 0.3) is 22.2 Å². The maximum Gasteiger partial charge on any atom is 0.335 e. The van der Waals surface area contributed by atoms with E-state index in [1.165, 1.54) is 0 Å². The summed E-state index contributed by atoms with van der Waals surface area (Å²) >= 11 is 0. The first-order valence-corrected chi connectivity index (χ1v) is 13.9. The third kappa shape index (κ3) is 4.75. The Bertz CT molecular complexity index is 1510. The van der Waals surface area contributed by atoms with Crippen molar-refractivity contribution in [1.29, 1.82) is 0 Å². The van der Waals surface area contributed by atoms with Crippen molar-refractivity contribution in [2.24, 2.45) is 5.92 Å². The lowest BCUT2D eigenvalue weighted by Gasteiger charge is -2.31. The number of hydrogen-bond acceptors (Lipinski definition) is 4. The molecule has 1 aliphatic heterocycles. The smallest absolute Gasteiger partial charge is 0.335 e. The van der Waals surface area contributed by atoms with Crippen molar-refractivity contribution in [3.8, 4) is 22.9 Å². The fraction of sp³-hybridized carbons (Fsp3) is 0.375. The predicted octanol–water partition coefficient (Wildman–Crippen LogP) is 8.03. The molecule has 0 bridgehead atoms. The highest BCUT2D eigenvalue weighted by Gasteiger charge is 2.34. The molecule has 0 radical (unpaired) electrons. The highest BCUT2D eigenvalue weighted by Crippen LogP contribution is 2.48. The Morgan fingerprint density at radius 3 is 2.69 bits per heavy atom. The summed E-state index contributed by atoms with van der Waals surface area (Å²) < 4.78 is 23.9. The fourth-order valence-electron chi connectivity index (χ4n) is 6.30. The second-order valence-corrected chi connectivity index (χ2v) is 11.1. The molecule has 2 aliphatic rings. The lowest BCUT2D eigenvalue weighted by molar-refractivity contribution is 0.0697. The molecule has 2 aromatic carbocycles. The lowest BCUT2D eigenvalue weighted by Crippen LogP contribution is -2.29. The third-order valence-electron chi connectivity index (χ3n) is 8.32. The van der Waals surface area contributed by atoms with Crippen molar-refractivity contribution in [3.05, 3.63) is 71.9 Å². The number of hydrogen-bond donors (Lipinski definition) is 2. The van der Waals surface area contributed by atoms with Gasteiger partial charge in [0.25, 0.3) is 0 Å². The number of ether oxygens (including phenoxy) is 1. The minimum atomic E-state index is -0.959. The summed E-state index contributed by atoms with van der Waals surface area (Å²) in [5, 5.41) is 14.5. The molecule has 4 aromatic rings. The van der Waals surface area contributed by atoms with Crippen molar-refractivity contribution in [3.63, 3.8) is 0 Å². The molecule has 0 saturated heterocycles. The largest absolute Gasteiger partial charge is 0.478 e. The molecule has 1 saturated carbocycles. The van der Waals surface area contributed by atoms with Gasteiger partial charge in [0, 0.05) is 59.0 Å². The molecular formula is C32H34FN3O3. The van der Waals surface area contributed by atoms with Gasteiger partial charge in [-0.15, -0.1) is 0 Å². The van der Waals surface area contributed by atoms with Crippen LogP contribution >= 0.6 is 0 Å². The maximum absolute atomic E-state index is 15.6. The zero-order chi connectivity index (χ0) is 27.1. The van der Waals surface area contributed by atoms with Crippen molar-refractivity contribution in [1.82, 2.24) is 9.55 Å². The lowest BCUT2D eigenvalue weighted by atomic mass is 9.80. The van der Waals surface area contributed by atoms with Crippen molar-refractivity contribution in [2.75, 3.05) is 5.32 Å². The van der Waals surface area contributed by atoms with Gasteiger partial charge in [-0.2, -0.15) is 0 Å². The summed E-state index contributed by atoms with van der Waals surface area (Å²) in [5.41, 5.74) is 5.00. The molecule has 1 aliphatic carbocycles. The van der Waals surface area contributed by atoms with Gasteiger partial charge in [-0.1, -0.05) is 38.8 Å². The number of carboxylic acid groups (broad SMARTS) is 1. The molecule has 6 rings (SSSR count). The number of alkyl halides is 1. The molecule has 2 aromatic heterocycles. The van der Waals surface area contributed by atoms with Gasteiger partial charge in [-0.25, -0.2) is 14.2 Å². The van der Waals surface area contributed by atoms with Gasteiger partial charge in [-0.05, 0) is 61.1 Å². The van der Waals surface area contributed by atoms with Crippen LogP contribution in [0.1, 0.15) is 67.8 Å². The van der Waals surface area contributed by atoms with Gasteiger partial charge in [0.05, 0.1) is 11.3 Å². The van der Waals surface area contributed by atoms with Gasteiger partial charge in [-0.3, -0.25) is 0 Å². The van der Waals surface area contributed by atoms with E-state index in [9.17, 15) is 9.90 Å². The number of benzene rings is 2. The highest BCUT2D eigenvalue weighted by atomic mass is 19.1. The fourth-order valence-corrected chi connectivity index (χ4v) is 6.30. The molecule has 202 valence electrons. The number of halogens is 1. The molecule has 2 N–H and O–H groups in total. The molecule has 3 atom stereocenters. The van der Waals surface area contributed by atoms with Crippen molar-refractivity contribution >= 4 is 22.6 Å². The van der Waals surface area contributed by atoms with E-state index < -0.39 is 12.1 Å². The first-order valence-electron chi connectivity index (χ1n) is 13.9. The van der Waals surface area contributed by atoms with E-state index in [4.69, 9.17) is 4.74 Å². The van der Waals surface area contributed by atoms with Crippen LogP contribution in [0, 0.1) is 5.92 Å². The third-order valence-corrected chi connectivity index (χ3v) is 8.32. The van der Waals surface area contributed by atoms with Crippen LogP contribution in [0.3, 0.4) is 0 Å². The number of nitrogens with zero attached hydrogens (tertiary/aromatic N) is 2. The van der Waals surface area contributed by atoms with Gasteiger partial charge in [0.2, 0.25) is 5.88 Å². The number of carbonyl (C=O) groups is 1. The van der Waals surface area contributed by atoms with E-state index in [0.717, 1.165) is 59.1 Å². The minimum absolute atomic E-state index is 0.189. The van der Waals surface area contributed by atoms with Crippen molar-refractivity contribution in [2.45, 2.75) is 70.6 Å². The van der Waals surface area contributed by atoms with Crippen LogP contribution in [0.4, 0.5) is 10.1 Å². The van der Waals surface area contributed by atoms with Crippen LogP contribution in [0.2, 0.25) is 0 Å². The summed E-state index contributed by atoms with van der Waals surface area (Å²) in [7, 11) is 0. The van der Waals surface area contributed by atoms with Crippen LogP contribution in [-0.4, -0.2) is 32.8 Å². The Labute approximate surface area is 227 Å². The van der Waals surface area contributed by atoms with E-state index in [2.05, 4.69) is 28.7 Å². The van der Waals surface area contributed by atoms with Gasteiger partial charge < -0.3 is 19.7 Å². The van der Waals surface area contributed by atoms with Crippen LogP contribution in [0.15, 0.2) is 60.8 Å². The summed E-state index contributed by atoms with van der Waals surface area (Å²) in [6, 6.07) is 17.0. The number of aryl methyl sites for hydroxylation is 1. The second kappa shape index (κ2) is 10.4. The average molecular weight is 528 g/mol. The molecule has 1 fully saturated rings. The average Bonchev–Trinajstić information content (AvgIpc) is 3.23. The number of aromatic carboxylic acids is 1. The Morgan fingerprint density at radius 1 is 1.10 bits per heavy atom. The molecule has 3 heterocycles. The minimum Gasteiger partial charge on any atom is -0.478 e. The molecule has 0 spiro atoms. The van der Waals surface area contributed by atoms with Crippen molar-refractivity contribution < 1.29 is 19.0 Å². The Morgan fingerprint density at radius 2 is 1.95 bits per heavy atom. The number of fused-ring (bicyclic) bond motifs is 5. The van der Waals surface area contributed by atoms with E-state index in [1.54, 1.807) is 18.3 Å².